The van der Waals surface area contributed by atoms with Gasteiger partial charge in [0.2, 0.25) is 0 Å². The maximum atomic E-state index is 11.9. The molecule has 2 aromatic carbocycles. The van der Waals surface area contributed by atoms with Crippen molar-refractivity contribution in [1.29, 1.82) is 0 Å². The number of benzene rings is 2. The number of rotatable bonds is 6. The average molecular weight is 614 g/mol. The zero-order valence-corrected chi connectivity index (χ0v) is 26.9. The molecule has 0 radical (unpaired) electrons. The van der Waals surface area contributed by atoms with Gasteiger partial charge >= 0.3 is 11.9 Å². The predicted octanol–water partition coefficient (Wildman–Crippen LogP) is 8.27. The van der Waals surface area contributed by atoms with Gasteiger partial charge in [0.25, 0.3) is 0 Å². The predicted molar refractivity (Wildman–Crippen MR) is 167 cm³/mol. The smallest absolute Gasteiger partial charge is 0.358 e. The lowest BCUT2D eigenvalue weighted by molar-refractivity contribution is 0.0508. The molecule has 0 aliphatic heterocycles. The van der Waals surface area contributed by atoms with E-state index in [-0.39, 0.29) is 11.1 Å². The van der Waals surface area contributed by atoms with Gasteiger partial charge < -0.3 is 9.47 Å². The monoisotopic (exact) mass is 612 g/mol. The zero-order valence-electron chi connectivity index (χ0n) is 25.4. The van der Waals surface area contributed by atoms with Gasteiger partial charge in [0.15, 0.2) is 11.4 Å². The summed E-state index contributed by atoms with van der Waals surface area (Å²) in [5.41, 5.74) is 3.77. The van der Waals surface area contributed by atoms with Crippen molar-refractivity contribution in [3.8, 4) is 22.5 Å². The molecule has 0 saturated heterocycles. The fourth-order valence-electron chi connectivity index (χ4n) is 4.05. The van der Waals surface area contributed by atoms with Crippen molar-refractivity contribution in [3.05, 3.63) is 82.1 Å². The number of carbonyl (C=O) groups excluding carboxylic acids is 2. The highest BCUT2D eigenvalue weighted by atomic mass is 35.5. The molecular weight excluding hydrogens is 575 g/mol. The maximum Gasteiger partial charge on any atom is 0.358 e. The van der Waals surface area contributed by atoms with E-state index in [1.807, 2.05) is 99.4 Å². The second-order valence-corrected chi connectivity index (χ2v) is 12.3. The minimum atomic E-state index is -0.407. The Balaban J connectivity index is 0.000000230. The second kappa shape index (κ2) is 13.6. The Morgan fingerprint density at radius 3 is 1.21 bits per heavy atom. The lowest BCUT2D eigenvalue weighted by atomic mass is 10.1. The van der Waals surface area contributed by atoms with Crippen LogP contribution < -0.4 is 0 Å². The second-order valence-electron chi connectivity index (χ2n) is 11.4. The number of carbonyl (C=O) groups is 2. The topological polar surface area (TPSA) is 88.2 Å². The van der Waals surface area contributed by atoms with Gasteiger partial charge in [0.1, 0.15) is 0 Å². The molecule has 10 heteroatoms. The Morgan fingerprint density at radius 1 is 0.643 bits per heavy atom. The standard InChI is InChI=1S/2C16H19ClN2O2/c2*1-5-21-15(20)13-10-14(19(18-13)16(2,3)4)11-6-8-12(17)9-7-11/h2*6-10H,5H2,1-4H3. The van der Waals surface area contributed by atoms with Gasteiger partial charge in [0, 0.05) is 10.0 Å². The first kappa shape index (κ1) is 32.9. The molecule has 4 aromatic rings. The van der Waals surface area contributed by atoms with Gasteiger partial charge in [-0.1, -0.05) is 47.5 Å². The van der Waals surface area contributed by atoms with E-state index in [9.17, 15) is 9.59 Å². The average Bonchev–Trinajstić information content (AvgIpc) is 3.57. The molecule has 2 aromatic heterocycles. The summed E-state index contributed by atoms with van der Waals surface area (Å²) in [7, 11) is 0. The van der Waals surface area contributed by atoms with Crippen LogP contribution in [0.25, 0.3) is 22.5 Å². The van der Waals surface area contributed by atoms with Crippen molar-refractivity contribution in [2.45, 2.75) is 66.5 Å². The van der Waals surface area contributed by atoms with Crippen molar-refractivity contribution >= 4 is 35.1 Å². The normalized spacial score (nSPS) is 11.5. The fourth-order valence-corrected chi connectivity index (χ4v) is 4.30. The van der Waals surface area contributed by atoms with E-state index in [1.165, 1.54) is 0 Å². The highest BCUT2D eigenvalue weighted by molar-refractivity contribution is 6.30. The van der Waals surface area contributed by atoms with Crippen LogP contribution in [0.4, 0.5) is 0 Å². The third-order valence-electron chi connectivity index (χ3n) is 5.94. The minimum Gasteiger partial charge on any atom is -0.461 e. The number of hydrogen-bond acceptors (Lipinski definition) is 6. The van der Waals surface area contributed by atoms with Crippen LogP contribution in [-0.2, 0) is 20.6 Å². The highest BCUT2D eigenvalue weighted by Gasteiger charge is 2.25. The largest absolute Gasteiger partial charge is 0.461 e. The van der Waals surface area contributed by atoms with Crippen LogP contribution in [0, 0.1) is 0 Å². The van der Waals surface area contributed by atoms with E-state index in [0.717, 1.165) is 22.5 Å². The van der Waals surface area contributed by atoms with E-state index in [1.54, 1.807) is 26.0 Å². The number of aromatic nitrogens is 4. The lowest BCUT2D eigenvalue weighted by Gasteiger charge is -2.22. The van der Waals surface area contributed by atoms with E-state index < -0.39 is 11.9 Å². The Kier molecular flexibility index (Phi) is 10.6. The molecule has 0 aliphatic rings. The maximum absolute atomic E-state index is 11.9. The fraction of sp³-hybridized carbons (Fsp3) is 0.375. The molecule has 8 nitrogen and oxygen atoms in total. The summed E-state index contributed by atoms with van der Waals surface area (Å²) in [6.07, 6.45) is 0. The molecule has 0 unspecified atom stereocenters. The van der Waals surface area contributed by atoms with Crippen LogP contribution in [-0.4, -0.2) is 44.7 Å². The summed E-state index contributed by atoms with van der Waals surface area (Å²) in [5, 5.41) is 10.2. The van der Waals surface area contributed by atoms with Crippen molar-refractivity contribution < 1.29 is 19.1 Å². The number of ether oxygens (including phenoxy) is 2. The van der Waals surface area contributed by atoms with E-state index >= 15 is 0 Å². The molecule has 2 heterocycles. The van der Waals surface area contributed by atoms with Gasteiger partial charge in [-0.3, -0.25) is 9.36 Å². The molecular formula is C32H38Cl2N4O4. The summed E-state index contributed by atoms with van der Waals surface area (Å²) in [4.78, 5) is 23.8. The summed E-state index contributed by atoms with van der Waals surface area (Å²) in [6.45, 7) is 16.4. The molecule has 224 valence electrons. The summed E-state index contributed by atoms with van der Waals surface area (Å²) in [5.74, 6) is -0.813. The van der Waals surface area contributed by atoms with Gasteiger partial charge in [0.05, 0.1) is 35.7 Å². The number of hydrogen-bond donors (Lipinski definition) is 0. The first-order valence-corrected chi connectivity index (χ1v) is 14.5. The van der Waals surface area contributed by atoms with Gasteiger partial charge in [-0.15, -0.1) is 0 Å². The van der Waals surface area contributed by atoms with Crippen molar-refractivity contribution in [1.82, 2.24) is 19.6 Å². The molecule has 0 atom stereocenters. The molecule has 0 aliphatic carbocycles. The number of halogens is 2. The van der Waals surface area contributed by atoms with Gasteiger partial charge in [-0.2, -0.15) is 10.2 Å². The molecule has 0 saturated carbocycles. The zero-order chi connectivity index (χ0) is 31.2. The van der Waals surface area contributed by atoms with Crippen LogP contribution >= 0.6 is 23.2 Å². The van der Waals surface area contributed by atoms with Crippen molar-refractivity contribution in [2.75, 3.05) is 13.2 Å². The third-order valence-corrected chi connectivity index (χ3v) is 6.44. The highest BCUT2D eigenvalue weighted by Crippen LogP contribution is 2.29. The van der Waals surface area contributed by atoms with Crippen LogP contribution in [0.2, 0.25) is 10.0 Å². The molecule has 0 fully saturated rings. The van der Waals surface area contributed by atoms with Crippen molar-refractivity contribution in [2.24, 2.45) is 0 Å². The van der Waals surface area contributed by atoms with E-state index in [2.05, 4.69) is 10.2 Å². The number of nitrogens with zero attached hydrogens (tertiary/aromatic N) is 4. The Hall–Kier alpha value is -3.62. The lowest BCUT2D eigenvalue weighted by Crippen LogP contribution is -2.24. The number of esters is 2. The van der Waals surface area contributed by atoms with Crippen LogP contribution in [0.1, 0.15) is 76.4 Å². The third kappa shape index (κ3) is 8.23. The summed E-state index contributed by atoms with van der Waals surface area (Å²) < 4.78 is 13.7. The van der Waals surface area contributed by atoms with Crippen LogP contribution in [0.15, 0.2) is 60.7 Å². The first-order valence-electron chi connectivity index (χ1n) is 13.7. The van der Waals surface area contributed by atoms with Crippen LogP contribution in [0.3, 0.4) is 0 Å². The summed E-state index contributed by atoms with van der Waals surface area (Å²) >= 11 is 11.9. The molecule has 4 rings (SSSR count). The molecule has 0 amide bonds. The quantitative estimate of drug-likeness (QED) is 0.204. The van der Waals surface area contributed by atoms with Gasteiger partial charge in [-0.25, -0.2) is 9.59 Å². The minimum absolute atomic E-state index is 0.250. The van der Waals surface area contributed by atoms with E-state index in [4.69, 9.17) is 32.7 Å². The molecule has 0 N–H and O–H groups in total. The molecule has 0 bridgehead atoms. The van der Waals surface area contributed by atoms with E-state index in [0.29, 0.717) is 34.6 Å². The van der Waals surface area contributed by atoms with Crippen LogP contribution in [0.5, 0.6) is 0 Å². The first-order chi connectivity index (χ1) is 19.6. The Bertz CT molecular complexity index is 1390. The Morgan fingerprint density at radius 2 is 0.952 bits per heavy atom. The SMILES string of the molecule is CCOC(=O)c1cc(-c2ccc(Cl)cc2)n(C(C)(C)C)n1.CCOC(=O)c1cc(-c2ccc(Cl)cc2)n(C(C)(C)C)n1. The van der Waals surface area contributed by atoms with Crippen molar-refractivity contribution in [3.63, 3.8) is 0 Å². The van der Waals surface area contributed by atoms with Gasteiger partial charge in [-0.05, 0) is 103 Å². The molecule has 0 spiro atoms. The summed E-state index contributed by atoms with van der Waals surface area (Å²) in [6, 6.07) is 18.4. The molecule has 42 heavy (non-hydrogen) atoms. The Labute approximate surface area is 257 Å².